The third kappa shape index (κ3) is 6.54. The highest BCUT2D eigenvalue weighted by Gasteiger charge is 2.15. The normalized spacial score (nSPS) is 16.8. The van der Waals surface area contributed by atoms with Crippen LogP contribution < -0.4 is 16.0 Å². The highest BCUT2D eigenvalue weighted by molar-refractivity contribution is 7.80. The molecular formula is C18H26N8OS. The zero-order valence-electron chi connectivity index (χ0n) is 16.2. The highest BCUT2D eigenvalue weighted by Crippen LogP contribution is 2.10. The molecule has 2 aromatic heterocycles. The molecule has 150 valence electrons. The van der Waals surface area contributed by atoms with Gasteiger partial charge in [0.2, 0.25) is 11.9 Å². The van der Waals surface area contributed by atoms with Crippen LogP contribution in [0.1, 0.15) is 29.9 Å². The first-order valence-electron chi connectivity index (χ1n) is 9.36. The number of hydrogen-bond acceptors (Lipinski definition) is 6. The third-order valence-electron chi connectivity index (χ3n) is 4.16. The lowest BCUT2D eigenvalue weighted by molar-refractivity contribution is 0.114. The Hall–Kier alpha value is -2.59. The van der Waals surface area contributed by atoms with Gasteiger partial charge in [0.1, 0.15) is 0 Å². The SMILES string of the molecule is Cc1cc(C)nc(NC(=NCCc2cnc[nH]2)NC(=S)NC[C@H]2CCCO2)n1. The molecule has 0 spiro atoms. The van der Waals surface area contributed by atoms with Crippen LogP contribution in [0.4, 0.5) is 5.95 Å². The molecule has 28 heavy (non-hydrogen) atoms. The molecule has 10 heteroatoms. The Balaban J connectivity index is 1.61. The van der Waals surface area contributed by atoms with E-state index in [1.54, 1.807) is 12.5 Å². The summed E-state index contributed by atoms with van der Waals surface area (Å²) in [5.41, 5.74) is 2.78. The maximum atomic E-state index is 5.61. The van der Waals surface area contributed by atoms with Crippen molar-refractivity contribution in [2.75, 3.05) is 25.0 Å². The summed E-state index contributed by atoms with van der Waals surface area (Å²) in [5.74, 6) is 0.974. The van der Waals surface area contributed by atoms with Crippen molar-refractivity contribution >= 4 is 29.2 Å². The van der Waals surface area contributed by atoms with Gasteiger partial charge in [-0.15, -0.1) is 0 Å². The molecule has 3 heterocycles. The van der Waals surface area contributed by atoms with Crippen molar-refractivity contribution in [2.45, 2.75) is 39.2 Å². The Bertz CT molecular complexity index is 782. The Morgan fingerprint density at radius 3 is 2.86 bits per heavy atom. The summed E-state index contributed by atoms with van der Waals surface area (Å²) < 4.78 is 5.61. The number of guanidine groups is 1. The highest BCUT2D eigenvalue weighted by atomic mass is 32.1. The van der Waals surface area contributed by atoms with E-state index in [1.165, 1.54) is 0 Å². The second-order valence-corrected chi connectivity index (χ2v) is 7.03. The van der Waals surface area contributed by atoms with Crippen molar-refractivity contribution in [1.82, 2.24) is 30.6 Å². The summed E-state index contributed by atoms with van der Waals surface area (Å²) in [6.07, 6.45) is 6.53. The number of aromatic amines is 1. The van der Waals surface area contributed by atoms with Gasteiger partial charge in [-0.25, -0.2) is 15.0 Å². The van der Waals surface area contributed by atoms with E-state index in [1.807, 2.05) is 19.9 Å². The molecule has 2 aromatic rings. The summed E-state index contributed by atoms with van der Waals surface area (Å²) in [4.78, 5) is 20.5. The number of thiocarbonyl (C=S) groups is 1. The number of anilines is 1. The molecule has 0 amide bonds. The molecule has 0 saturated carbocycles. The van der Waals surface area contributed by atoms with Crippen LogP contribution in [-0.4, -0.2) is 56.8 Å². The second kappa shape index (κ2) is 10.1. The van der Waals surface area contributed by atoms with E-state index in [0.29, 0.717) is 30.1 Å². The Kier molecular flexibility index (Phi) is 7.26. The molecule has 1 aliphatic heterocycles. The van der Waals surface area contributed by atoms with Crippen molar-refractivity contribution in [3.05, 3.63) is 35.7 Å². The van der Waals surface area contributed by atoms with Crippen molar-refractivity contribution in [2.24, 2.45) is 4.99 Å². The number of imidazole rings is 1. The summed E-state index contributed by atoms with van der Waals surface area (Å²) in [6, 6.07) is 1.92. The predicted octanol–water partition coefficient (Wildman–Crippen LogP) is 1.47. The number of aliphatic imine (C=N–C) groups is 1. The first-order chi connectivity index (χ1) is 13.6. The molecule has 0 aliphatic carbocycles. The van der Waals surface area contributed by atoms with E-state index in [4.69, 9.17) is 17.0 Å². The van der Waals surface area contributed by atoms with E-state index >= 15 is 0 Å². The number of aryl methyl sites for hydroxylation is 2. The first kappa shape index (κ1) is 20.2. The van der Waals surface area contributed by atoms with Crippen LogP contribution in [0.3, 0.4) is 0 Å². The average Bonchev–Trinajstić information content (AvgIpc) is 3.33. The van der Waals surface area contributed by atoms with E-state index in [9.17, 15) is 0 Å². The fourth-order valence-electron chi connectivity index (χ4n) is 2.87. The lowest BCUT2D eigenvalue weighted by atomic mass is 10.2. The van der Waals surface area contributed by atoms with Crippen molar-refractivity contribution in [3.63, 3.8) is 0 Å². The van der Waals surface area contributed by atoms with Gasteiger partial charge in [0, 0.05) is 49.4 Å². The number of ether oxygens (including phenoxy) is 1. The van der Waals surface area contributed by atoms with Crippen LogP contribution in [0.5, 0.6) is 0 Å². The zero-order valence-corrected chi connectivity index (χ0v) is 17.0. The lowest BCUT2D eigenvalue weighted by Gasteiger charge is -2.16. The van der Waals surface area contributed by atoms with Crippen LogP contribution in [0.15, 0.2) is 23.6 Å². The van der Waals surface area contributed by atoms with Crippen LogP contribution in [0, 0.1) is 13.8 Å². The Labute approximate surface area is 169 Å². The predicted molar refractivity (Wildman–Crippen MR) is 112 cm³/mol. The average molecular weight is 403 g/mol. The van der Waals surface area contributed by atoms with E-state index in [0.717, 1.165) is 43.0 Å². The topological polar surface area (TPSA) is 112 Å². The van der Waals surface area contributed by atoms with Crippen LogP contribution >= 0.6 is 12.2 Å². The number of H-pyrrole nitrogens is 1. The molecule has 1 fully saturated rings. The van der Waals surface area contributed by atoms with Crippen LogP contribution in [-0.2, 0) is 11.2 Å². The van der Waals surface area contributed by atoms with Gasteiger partial charge in [0.15, 0.2) is 5.11 Å². The number of hydrogen-bond donors (Lipinski definition) is 4. The minimum absolute atomic E-state index is 0.205. The Morgan fingerprint density at radius 2 is 2.18 bits per heavy atom. The minimum Gasteiger partial charge on any atom is -0.376 e. The third-order valence-corrected chi connectivity index (χ3v) is 4.41. The molecule has 1 saturated heterocycles. The monoisotopic (exact) mass is 402 g/mol. The number of rotatable bonds is 6. The fourth-order valence-corrected chi connectivity index (χ4v) is 3.05. The lowest BCUT2D eigenvalue weighted by Crippen LogP contribution is -2.45. The number of nitrogens with zero attached hydrogens (tertiary/aromatic N) is 4. The van der Waals surface area contributed by atoms with E-state index in [2.05, 4.69) is 40.9 Å². The zero-order chi connectivity index (χ0) is 19.8. The quantitative estimate of drug-likeness (QED) is 0.326. The molecule has 1 aliphatic rings. The van der Waals surface area contributed by atoms with Crippen molar-refractivity contribution in [3.8, 4) is 0 Å². The molecule has 0 bridgehead atoms. The molecule has 0 aromatic carbocycles. The smallest absolute Gasteiger partial charge is 0.229 e. The minimum atomic E-state index is 0.205. The van der Waals surface area contributed by atoms with Gasteiger partial charge < -0.3 is 20.4 Å². The maximum absolute atomic E-state index is 5.61. The molecule has 1 atom stereocenters. The van der Waals surface area contributed by atoms with Gasteiger partial charge in [-0.1, -0.05) is 0 Å². The number of nitrogens with one attached hydrogen (secondary N) is 4. The van der Waals surface area contributed by atoms with Crippen molar-refractivity contribution in [1.29, 1.82) is 0 Å². The number of aromatic nitrogens is 4. The van der Waals surface area contributed by atoms with Gasteiger partial charge in [0.25, 0.3) is 0 Å². The molecule has 0 unspecified atom stereocenters. The van der Waals surface area contributed by atoms with Crippen molar-refractivity contribution < 1.29 is 4.74 Å². The fraction of sp³-hybridized carbons (Fsp3) is 0.500. The molecule has 3 rings (SSSR count). The summed E-state index contributed by atoms with van der Waals surface area (Å²) >= 11 is 5.41. The van der Waals surface area contributed by atoms with Crippen LogP contribution in [0.2, 0.25) is 0 Å². The van der Waals surface area contributed by atoms with Gasteiger partial charge in [-0.05, 0) is 45.0 Å². The van der Waals surface area contributed by atoms with Gasteiger partial charge in [-0.2, -0.15) is 0 Å². The second-order valence-electron chi connectivity index (χ2n) is 6.63. The molecule has 4 N–H and O–H groups in total. The molecular weight excluding hydrogens is 376 g/mol. The molecule has 9 nitrogen and oxygen atoms in total. The standard InChI is InChI=1S/C18H26N8OS/c1-12-8-13(2)24-17(23-12)25-16(20-6-5-14-9-19-11-22-14)26-18(28)21-10-15-4-3-7-27-15/h8-9,11,15H,3-7,10H2,1-2H3,(H,19,22)(H3,20,21,23,24,25,26,28)/t15-/m1/s1. The van der Waals surface area contributed by atoms with Gasteiger partial charge >= 0.3 is 0 Å². The van der Waals surface area contributed by atoms with Gasteiger partial charge in [-0.3, -0.25) is 10.3 Å². The largest absolute Gasteiger partial charge is 0.376 e. The van der Waals surface area contributed by atoms with E-state index in [-0.39, 0.29) is 6.10 Å². The summed E-state index contributed by atoms with van der Waals surface area (Å²) in [7, 11) is 0. The van der Waals surface area contributed by atoms with Crippen LogP contribution in [0.25, 0.3) is 0 Å². The van der Waals surface area contributed by atoms with Gasteiger partial charge in [0.05, 0.1) is 12.4 Å². The Morgan fingerprint density at radius 1 is 1.36 bits per heavy atom. The summed E-state index contributed by atoms with van der Waals surface area (Å²) in [6.45, 7) is 5.90. The summed E-state index contributed by atoms with van der Waals surface area (Å²) in [5, 5.41) is 9.90. The maximum Gasteiger partial charge on any atom is 0.229 e. The first-order valence-corrected chi connectivity index (χ1v) is 9.77. The molecule has 0 radical (unpaired) electrons. The van der Waals surface area contributed by atoms with E-state index < -0.39 is 0 Å².